The summed E-state index contributed by atoms with van der Waals surface area (Å²) in [5, 5.41) is 2.25. The van der Waals surface area contributed by atoms with Gasteiger partial charge in [-0.25, -0.2) is 4.98 Å². The van der Waals surface area contributed by atoms with Gasteiger partial charge in [0.15, 0.2) is 5.82 Å². The Labute approximate surface area is 58.5 Å². The number of nitrogens with zero attached hydrogens (tertiary/aromatic N) is 2. The lowest BCUT2D eigenvalue weighted by Gasteiger charge is -1.86. The Morgan fingerprint density at radius 2 is 2.56 bits per heavy atom. The van der Waals surface area contributed by atoms with E-state index in [0.717, 1.165) is 0 Å². The average molecular weight is 141 g/mol. The fraction of sp³-hybridized carbons (Fsp3) is 0.167. The third kappa shape index (κ3) is 1.24. The third-order valence-electron chi connectivity index (χ3n) is 0.980. The highest BCUT2D eigenvalue weighted by Gasteiger charge is 1.89. The van der Waals surface area contributed by atoms with Crippen molar-refractivity contribution < 1.29 is 0 Å². The molecule has 3 heteroatoms. The maximum Gasteiger partial charge on any atom is 0.186 e. The van der Waals surface area contributed by atoms with Crippen molar-refractivity contribution in [3.8, 4) is 11.3 Å². The van der Waals surface area contributed by atoms with Gasteiger partial charge in [0.25, 0.3) is 0 Å². The molecule has 0 aliphatic carbocycles. The van der Waals surface area contributed by atoms with Crippen molar-refractivity contribution in [3.05, 3.63) is 18.2 Å². The lowest BCUT2D eigenvalue weighted by atomic mass is 10.6. The first kappa shape index (κ1) is 6.18. The van der Waals surface area contributed by atoms with Crippen molar-refractivity contribution in [2.75, 3.05) is 0 Å². The fourth-order valence-electron chi connectivity index (χ4n) is 0.528. The van der Waals surface area contributed by atoms with Crippen LogP contribution in [0.5, 0.6) is 0 Å². The van der Waals surface area contributed by atoms with Crippen molar-refractivity contribution in [2.45, 2.75) is 0 Å². The fourth-order valence-corrected chi connectivity index (χ4v) is 0.613. The molecule has 0 unspecified atom stereocenters. The molecule has 1 aromatic heterocycles. The molecule has 2 nitrogen and oxygen atoms in total. The van der Waals surface area contributed by atoms with E-state index in [4.69, 9.17) is 11.6 Å². The highest BCUT2D eigenvalue weighted by atomic mass is 35.5. The minimum absolute atomic E-state index is 0.685. The van der Waals surface area contributed by atoms with Gasteiger partial charge >= 0.3 is 0 Å². The number of aromatic nitrogens is 2. The van der Waals surface area contributed by atoms with Gasteiger partial charge in [-0.1, -0.05) is 0 Å². The summed E-state index contributed by atoms with van der Waals surface area (Å²) in [6, 6.07) is 0. The number of hydrogen-bond acceptors (Lipinski definition) is 1. The van der Waals surface area contributed by atoms with E-state index >= 15 is 0 Å². The molecule has 1 heterocycles. The second-order valence-corrected chi connectivity index (χ2v) is 1.77. The zero-order valence-corrected chi connectivity index (χ0v) is 5.68. The van der Waals surface area contributed by atoms with E-state index in [1.165, 1.54) is 0 Å². The predicted octanol–water partition coefficient (Wildman–Crippen LogP) is 0.968. The topological polar surface area (TPSA) is 17.8 Å². The van der Waals surface area contributed by atoms with Crippen LogP contribution in [-0.4, -0.2) is 9.55 Å². The van der Waals surface area contributed by atoms with Crippen molar-refractivity contribution >= 4 is 11.6 Å². The molecule has 1 aromatic rings. The Morgan fingerprint density at radius 3 is 3.00 bits per heavy atom. The minimum Gasteiger partial charge on any atom is -0.327 e. The van der Waals surface area contributed by atoms with E-state index in [1.807, 2.05) is 13.2 Å². The third-order valence-corrected chi connectivity index (χ3v) is 1.07. The van der Waals surface area contributed by atoms with Crippen LogP contribution in [-0.2, 0) is 7.05 Å². The largest absolute Gasteiger partial charge is 0.327 e. The number of imidazole rings is 1. The predicted molar refractivity (Wildman–Crippen MR) is 35.9 cm³/mol. The molecule has 0 saturated heterocycles. The van der Waals surface area contributed by atoms with Gasteiger partial charge in [0.2, 0.25) is 0 Å². The molecular weight excluding hydrogens is 136 g/mol. The monoisotopic (exact) mass is 140 g/mol. The van der Waals surface area contributed by atoms with Gasteiger partial charge in [-0.05, 0) is 17.5 Å². The summed E-state index contributed by atoms with van der Waals surface area (Å²) in [6.07, 6.45) is 3.49. The van der Waals surface area contributed by atoms with Crippen LogP contribution in [0, 0.1) is 11.3 Å². The van der Waals surface area contributed by atoms with Gasteiger partial charge < -0.3 is 4.57 Å². The first-order valence-corrected chi connectivity index (χ1v) is 2.81. The summed E-state index contributed by atoms with van der Waals surface area (Å²) >= 11 is 5.15. The number of rotatable bonds is 0. The number of hydrogen-bond donors (Lipinski definition) is 0. The normalized spacial score (nSPS) is 8.22. The van der Waals surface area contributed by atoms with E-state index in [0.29, 0.717) is 5.82 Å². The molecule has 0 spiro atoms. The molecule has 0 amide bonds. The van der Waals surface area contributed by atoms with Gasteiger partial charge in [-0.3, -0.25) is 0 Å². The maximum absolute atomic E-state index is 5.15. The Kier molecular flexibility index (Phi) is 1.76. The molecule has 0 atom stereocenters. The molecule has 0 aromatic carbocycles. The van der Waals surface area contributed by atoms with Gasteiger partial charge in [0, 0.05) is 24.8 Å². The van der Waals surface area contributed by atoms with E-state index in [9.17, 15) is 0 Å². The Hall–Kier alpha value is -0.940. The number of halogens is 1. The van der Waals surface area contributed by atoms with Gasteiger partial charge in [-0.15, -0.1) is 0 Å². The molecule has 1 rings (SSSR count). The Balaban J connectivity index is 3.03. The molecule has 9 heavy (non-hydrogen) atoms. The van der Waals surface area contributed by atoms with E-state index in [1.54, 1.807) is 10.8 Å². The van der Waals surface area contributed by atoms with Crippen LogP contribution in [0.2, 0.25) is 0 Å². The van der Waals surface area contributed by atoms with Crippen molar-refractivity contribution in [1.82, 2.24) is 9.55 Å². The number of aryl methyl sites for hydroxylation is 1. The standard InChI is InChI=1S/C6H5ClN2/c1-9-5-4-8-6(9)2-3-7/h4-5H,1H3. The minimum atomic E-state index is 0.685. The van der Waals surface area contributed by atoms with Crippen molar-refractivity contribution in [3.63, 3.8) is 0 Å². The second-order valence-electron chi connectivity index (χ2n) is 1.58. The van der Waals surface area contributed by atoms with Crippen LogP contribution in [0.1, 0.15) is 5.82 Å². The van der Waals surface area contributed by atoms with E-state index in [-0.39, 0.29) is 0 Å². The van der Waals surface area contributed by atoms with Crippen LogP contribution in [0.3, 0.4) is 0 Å². The summed E-state index contributed by atoms with van der Waals surface area (Å²) in [5.74, 6) is 3.31. The quantitative estimate of drug-likeness (QED) is 0.491. The smallest absolute Gasteiger partial charge is 0.186 e. The molecule has 0 N–H and O–H groups in total. The zero-order chi connectivity index (χ0) is 6.69. The summed E-state index contributed by atoms with van der Waals surface area (Å²) in [6.45, 7) is 0. The summed E-state index contributed by atoms with van der Waals surface area (Å²) in [4.78, 5) is 3.91. The molecule has 46 valence electrons. The Bertz CT molecular complexity index is 254. The molecule has 0 bridgehead atoms. The first-order valence-electron chi connectivity index (χ1n) is 2.43. The first-order chi connectivity index (χ1) is 4.34. The SMILES string of the molecule is Cn1ccnc1C#CCl. The van der Waals surface area contributed by atoms with Gasteiger partial charge in [-0.2, -0.15) is 0 Å². The summed E-state index contributed by atoms with van der Waals surface area (Å²) in [5.41, 5.74) is 0. The van der Waals surface area contributed by atoms with E-state index < -0.39 is 0 Å². The summed E-state index contributed by atoms with van der Waals surface area (Å²) < 4.78 is 1.80. The molecule has 0 aliphatic rings. The summed E-state index contributed by atoms with van der Waals surface area (Å²) in [7, 11) is 1.86. The molecule has 0 radical (unpaired) electrons. The molecule has 0 aliphatic heterocycles. The average Bonchev–Trinajstić information content (AvgIpc) is 2.18. The zero-order valence-electron chi connectivity index (χ0n) is 4.93. The van der Waals surface area contributed by atoms with Crippen molar-refractivity contribution in [1.29, 1.82) is 0 Å². The lowest BCUT2D eigenvalue weighted by Crippen LogP contribution is -1.89. The maximum atomic E-state index is 5.15. The van der Waals surface area contributed by atoms with Crippen LogP contribution in [0.15, 0.2) is 12.4 Å². The van der Waals surface area contributed by atoms with Crippen LogP contribution in [0.25, 0.3) is 0 Å². The van der Waals surface area contributed by atoms with E-state index in [2.05, 4.69) is 16.3 Å². The van der Waals surface area contributed by atoms with Crippen molar-refractivity contribution in [2.24, 2.45) is 7.05 Å². The highest BCUT2D eigenvalue weighted by Crippen LogP contribution is 1.89. The van der Waals surface area contributed by atoms with Gasteiger partial charge in [0.05, 0.1) is 0 Å². The molecular formula is C6H5ClN2. The van der Waals surface area contributed by atoms with Crippen LogP contribution < -0.4 is 0 Å². The van der Waals surface area contributed by atoms with Crippen LogP contribution in [0.4, 0.5) is 0 Å². The second kappa shape index (κ2) is 2.56. The highest BCUT2D eigenvalue weighted by molar-refractivity contribution is 6.30. The van der Waals surface area contributed by atoms with Gasteiger partial charge in [0.1, 0.15) is 0 Å². The molecule has 0 fully saturated rings. The lowest BCUT2D eigenvalue weighted by molar-refractivity contribution is 0.894. The van der Waals surface area contributed by atoms with Crippen LogP contribution >= 0.6 is 11.6 Å². The molecule has 0 saturated carbocycles. The Morgan fingerprint density at radius 1 is 1.78 bits per heavy atom.